The summed E-state index contributed by atoms with van der Waals surface area (Å²) in [6.45, 7) is 5.00. The summed E-state index contributed by atoms with van der Waals surface area (Å²) in [5.74, 6) is 0. The maximum atomic E-state index is 3.65. The second-order valence-corrected chi connectivity index (χ2v) is 5.14. The molecule has 0 aromatic heterocycles. The molecule has 0 amide bonds. The van der Waals surface area contributed by atoms with Gasteiger partial charge in [0.25, 0.3) is 0 Å². The molecule has 0 bridgehead atoms. The van der Waals surface area contributed by atoms with Crippen LogP contribution in [0.3, 0.4) is 0 Å². The lowest BCUT2D eigenvalue weighted by Crippen LogP contribution is -2.25. The number of halogens is 1. The van der Waals surface area contributed by atoms with Crippen LogP contribution < -0.4 is 0 Å². The molecule has 12 heavy (non-hydrogen) atoms. The van der Waals surface area contributed by atoms with E-state index in [4.69, 9.17) is 0 Å². The highest BCUT2D eigenvalue weighted by atomic mass is 79.9. The number of alkyl halides is 1. The number of hydrogen-bond donors (Lipinski definition) is 0. The normalized spacial score (nSPS) is 25.5. The Bertz CT molecular complexity index is 128. The summed E-state index contributed by atoms with van der Waals surface area (Å²) in [5.41, 5.74) is 0. The lowest BCUT2D eigenvalue weighted by molar-refractivity contribution is 0.303. The van der Waals surface area contributed by atoms with Crippen molar-refractivity contribution in [2.24, 2.45) is 0 Å². The predicted molar refractivity (Wildman–Crippen MR) is 56.9 cm³/mol. The Balaban J connectivity index is 2.00. The Labute approximate surface area is 84.0 Å². The molecule has 0 spiro atoms. The first-order valence-corrected chi connectivity index (χ1v) is 5.61. The minimum absolute atomic E-state index is 0.747. The van der Waals surface area contributed by atoms with Crippen LogP contribution in [0.5, 0.6) is 0 Å². The van der Waals surface area contributed by atoms with E-state index < -0.39 is 0 Å². The van der Waals surface area contributed by atoms with Crippen molar-refractivity contribution >= 4 is 15.9 Å². The monoisotopic (exact) mass is 234 g/mol. The lowest BCUT2D eigenvalue weighted by Gasteiger charge is -2.16. The second-order valence-electron chi connectivity index (χ2n) is 3.84. The van der Waals surface area contributed by atoms with Crippen molar-refractivity contribution in [3.8, 4) is 0 Å². The quantitative estimate of drug-likeness (QED) is 0.680. The average Bonchev–Trinajstić information content (AvgIpc) is 2.35. The van der Waals surface area contributed by atoms with Gasteiger partial charge >= 0.3 is 0 Å². The smallest absolute Gasteiger partial charge is 0.0285 e. The molecule has 1 aliphatic rings. The van der Waals surface area contributed by atoms with Gasteiger partial charge in [0.2, 0.25) is 0 Å². The van der Waals surface area contributed by atoms with Gasteiger partial charge in [0, 0.05) is 11.4 Å². The van der Waals surface area contributed by atoms with Crippen LogP contribution >= 0.6 is 15.9 Å². The third-order valence-electron chi connectivity index (χ3n) is 2.29. The van der Waals surface area contributed by atoms with Crippen molar-refractivity contribution in [3.05, 3.63) is 0 Å². The first kappa shape index (κ1) is 10.5. The Morgan fingerprint density at radius 3 is 2.75 bits per heavy atom. The molecule has 72 valence electrons. The van der Waals surface area contributed by atoms with Crippen molar-refractivity contribution in [2.45, 2.75) is 17.7 Å². The summed E-state index contributed by atoms with van der Waals surface area (Å²) in [6.07, 6.45) is 2.62. The zero-order chi connectivity index (χ0) is 8.97. The Morgan fingerprint density at radius 2 is 2.25 bits per heavy atom. The minimum Gasteiger partial charge on any atom is -0.309 e. The highest BCUT2D eigenvalue weighted by Gasteiger charge is 2.18. The molecule has 1 saturated heterocycles. The minimum atomic E-state index is 0.747. The Kier molecular flexibility index (Phi) is 4.54. The van der Waals surface area contributed by atoms with Gasteiger partial charge in [0.15, 0.2) is 0 Å². The molecule has 1 heterocycles. The second kappa shape index (κ2) is 5.20. The number of likely N-dealkylation sites (tertiary alicyclic amines) is 1. The summed E-state index contributed by atoms with van der Waals surface area (Å²) in [5, 5.41) is 0. The van der Waals surface area contributed by atoms with Gasteiger partial charge in [-0.05, 0) is 46.6 Å². The summed E-state index contributed by atoms with van der Waals surface area (Å²) in [6, 6.07) is 0. The molecule has 2 nitrogen and oxygen atoms in total. The van der Waals surface area contributed by atoms with E-state index in [-0.39, 0.29) is 0 Å². The Morgan fingerprint density at radius 1 is 1.50 bits per heavy atom. The van der Waals surface area contributed by atoms with Crippen LogP contribution in [-0.4, -0.2) is 54.9 Å². The van der Waals surface area contributed by atoms with Crippen molar-refractivity contribution in [1.29, 1.82) is 0 Å². The molecule has 1 rings (SSSR count). The molecule has 0 aromatic carbocycles. The summed E-state index contributed by atoms with van der Waals surface area (Å²) in [7, 11) is 4.27. The van der Waals surface area contributed by atoms with E-state index in [0.717, 1.165) is 4.83 Å². The van der Waals surface area contributed by atoms with Gasteiger partial charge in [-0.25, -0.2) is 0 Å². The molecular formula is C9H19BrN2. The summed E-state index contributed by atoms with van der Waals surface area (Å²) >= 11 is 3.65. The molecule has 0 aromatic rings. The van der Waals surface area contributed by atoms with E-state index in [1.807, 2.05) is 0 Å². The largest absolute Gasteiger partial charge is 0.309 e. The van der Waals surface area contributed by atoms with E-state index in [0.29, 0.717) is 0 Å². The SMILES string of the molecule is CN(C)CCCN1CCC(Br)C1. The zero-order valence-corrected chi connectivity index (χ0v) is 9.68. The van der Waals surface area contributed by atoms with Gasteiger partial charge in [-0.1, -0.05) is 15.9 Å². The first-order chi connectivity index (χ1) is 5.68. The summed E-state index contributed by atoms with van der Waals surface area (Å²) in [4.78, 5) is 5.54. The molecule has 1 unspecified atom stereocenters. The van der Waals surface area contributed by atoms with Crippen LogP contribution in [0.15, 0.2) is 0 Å². The lowest BCUT2D eigenvalue weighted by atomic mass is 10.4. The van der Waals surface area contributed by atoms with Crippen LogP contribution in [0.25, 0.3) is 0 Å². The maximum Gasteiger partial charge on any atom is 0.0285 e. The molecule has 0 aliphatic carbocycles. The van der Waals surface area contributed by atoms with E-state index in [1.54, 1.807) is 0 Å². The van der Waals surface area contributed by atoms with Crippen molar-refractivity contribution in [3.63, 3.8) is 0 Å². The van der Waals surface area contributed by atoms with Crippen LogP contribution in [0.2, 0.25) is 0 Å². The van der Waals surface area contributed by atoms with Gasteiger partial charge in [-0.3, -0.25) is 0 Å². The van der Waals surface area contributed by atoms with Crippen molar-refractivity contribution < 1.29 is 0 Å². The number of nitrogens with zero attached hydrogens (tertiary/aromatic N) is 2. The standard InChI is InChI=1S/C9H19BrN2/c1-11(2)5-3-6-12-7-4-9(10)8-12/h9H,3-8H2,1-2H3. The molecular weight excluding hydrogens is 216 g/mol. The Hall–Kier alpha value is 0.400. The van der Waals surface area contributed by atoms with Crippen LogP contribution in [-0.2, 0) is 0 Å². The van der Waals surface area contributed by atoms with Crippen molar-refractivity contribution in [2.75, 3.05) is 40.3 Å². The fourth-order valence-electron chi connectivity index (χ4n) is 1.60. The molecule has 1 aliphatic heterocycles. The molecule has 3 heteroatoms. The van der Waals surface area contributed by atoms with Gasteiger partial charge in [-0.15, -0.1) is 0 Å². The number of hydrogen-bond acceptors (Lipinski definition) is 2. The van der Waals surface area contributed by atoms with Crippen LogP contribution in [0.4, 0.5) is 0 Å². The molecule has 1 atom stereocenters. The predicted octanol–water partition coefficient (Wildman–Crippen LogP) is 1.41. The van der Waals surface area contributed by atoms with Gasteiger partial charge in [0.1, 0.15) is 0 Å². The first-order valence-electron chi connectivity index (χ1n) is 4.69. The van der Waals surface area contributed by atoms with E-state index in [2.05, 4.69) is 39.8 Å². The molecule has 0 radical (unpaired) electrons. The highest BCUT2D eigenvalue weighted by Crippen LogP contribution is 2.16. The summed E-state index contributed by atoms with van der Waals surface area (Å²) < 4.78 is 0. The highest BCUT2D eigenvalue weighted by molar-refractivity contribution is 9.09. The van der Waals surface area contributed by atoms with Crippen LogP contribution in [0.1, 0.15) is 12.8 Å². The van der Waals surface area contributed by atoms with Gasteiger partial charge in [-0.2, -0.15) is 0 Å². The zero-order valence-electron chi connectivity index (χ0n) is 8.09. The topological polar surface area (TPSA) is 6.48 Å². The third-order valence-corrected chi connectivity index (χ3v) is 3.04. The number of rotatable bonds is 4. The maximum absolute atomic E-state index is 3.65. The fourth-order valence-corrected chi connectivity index (χ4v) is 2.21. The average molecular weight is 235 g/mol. The van der Waals surface area contributed by atoms with Crippen LogP contribution in [0, 0.1) is 0 Å². The van der Waals surface area contributed by atoms with E-state index in [9.17, 15) is 0 Å². The van der Waals surface area contributed by atoms with Crippen molar-refractivity contribution in [1.82, 2.24) is 9.80 Å². The fraction of sp³-hybridized carbons (Fsp3) is 1.00. The van der Waals surface area contributed by atoms with E-state index in [1.165, 1.54) is 39.0 Å². The van der Waals surface area contributed by atoms with E-state index >= 15 is 0 Å². The van der Waals surface area contributed by atoms with Gasteiger partial charge in [0.05, 0.1) is 0 Å². The van der Waals surface area contributed by atoms with Gasteiger partial charge < -0.3 is 9.80 Å². The molecule has 1 fully saturated rings. The molecule has 0 N–H and O–H groups in total. The molecule has 0 saturated carbocycles. The third kappa shape index (κ3) is 3.87.